The quantitative estimate of drug-likeness (QED) is 0.750. The highest BCUT2D eigenvalue weighted by Crippen LogP contribution is 2.39. The van der Waals surface area contributed by atoms with Crippen LogP contribution in [0.3, 0.4) is 0 Å². The molecule has 0 radical (unpaired) electrons. The molecule has 2 aromatic heterocycles. The van der Waals surface area contributed by atoms with Crippen LogP contribution in [0.25, 0.3) is 10.2 Å². The summed E-state index contributed by atoms with van der Waals surface area (Å²) in [5.41, 5.74) is 1.48. The van der Waals surface area contributed by atoms with Crippen LogP contribution in [0, 0.1) is 0 Å². The van der Waals surface area contributed by atoms with Crippen LogP contribution in [0.1, 0.15) is 23.3 Å². The monoisotopic (exact) mass is 387 g/mol. The molecule has 0 bridgehead atoms. The summed E-state index contributed by atoms with van der Waals surface area (Å²) in [7, 11) is 0. The van der Waals surface area contributed by atoms with E-state index in [4.69, 9.17) is 4.74 Å². The van der Waals surface area contributed by atoms with E-state index in [1.165, 1.54) is 35.1 Å². The van der Waals surface area contributed by atoms with Crippen LogP contribution >= 0.6 is 11.3 Å². The van der Waals surface area contributed by atoms with E-state index < -0.39 is 0 Å². The first-order valence-corrected chi connectivity index (χ1v) is 10.7. The molecule has 1 aliphatic carbocycles. The zero-order chi connectivity index (χ0) is 18.2. The highest BCUT2D eigenvalue weighted by molar-refractivity contribution is 7.19. The first-order chi connectivity index (χ1) is 13.3. The van der Waals surface area contributed by atoms with E-state index in [1.807, 2.05) is 21.1 Å². The van der Waals surface area contributed by atoms with Crippen LogP contribution < -0.4 is 4.90 Å². The molecule has 0 saturated carbocycles. The largest absolute Gasteiger partial charge is 0.378 e. The fraction of sp³-hybridized carbons (Fsp3) is 0.632. The molecule has 2 amide bonds. The molecule has 2 aliphatic heterocycles. The summed E-state index contributed by atoms with van der Waals surface area (Å²) in [6.07, 6.45) is 6.56. The van der Waals surface area contributed by atoms with Gasteiger partial charge in [-0.05, 0) is 31.2 Å². The van der Waals surface area contributed by atoms with Gasteiger partial charge in [0.05, 0.1) is 18.6 Å². The zero-order valence-electron chi connectivity index (χ0n) is 15.5. The van der Waals surface area contributed by atoms with Gasteiger partial charge in [0.15, 0.2) is 0 Å². The molecule has 5 rings (SSSR count). The Morgan fingerprint density at radius 3 is 2.52 bits per heavy atom. The van der Waals surface area contributed by atoms with Crippen molar-refractivity contribution in [3.05, 3.63) is 16.8 Å². The Hall–Kier alpha value is -1.93. The third-order valence-electron chi connectivity index (χ3n) is 5.86. The Kier molecular flexibility index (Phi) is 4.61. The molecule has 3 aliphatic rings. The van der Waals surface area contributed by atoms with E-state index in [1.54, 1.807) is 6.33 Å². The number of ether oxygens (including phenoxy) is 1. The van der Waals surface area contributed by atoms with Crippen molar-refractivity contribution in [2.75, 3.05) is 57.4 Å². The number of amides is 2. The second kappa shape index (κ2) is 7.24. The lowest BCUT2D eigenvalue weighted by molar-refractivity contribution is 0.0428. The summed E-state index contributed by atoms with van der Waals surface area (Å²) in [5, 5.41) is 1.27. The summed E-state index contributed by atoms with van der Waals surface area (Å²) < 4.78 is 5.36. The number of carbonyl (C=O) groups excluding carboxylic acids is 1. The third-order valence-corrected chi connectivity index (χ3v) is 7.06. The summed E-state index contributed by atoms with van der Waals surface area (Å²) in [6, 6.07) is 0.152. The van der Waals surface area contributed by atoms with E-state index in [0.717, 1.165) is 43.2 Å². The van der Waals surface area contributed by atoms with Gasteiger partial charge in [0.1, 0.15) is 17.0 Å². The first-order valence-electron chi connectivity index (χ1n) is 9.93. The number of anilines is 1. The Labute approximate surface area is 162 Å². The summed E-state index contributed by atoms with van der Waals surface area (Å²) in [6.45, 7) is 5.84. The van der Waals surface area contributed by atoms with Crippen LogP contribution in [-0.2, 0) is 17.6 Å². The van der Waals surface area contributed by atoms with Crippen molar-refractivity contribution in [3.8, 4) is 0 Å². The van der Waals surface area contributed by atoms with Crippen molar-refractivity contribution in [1.82, 2.24) is 19.8 Å². The molecular weight excluding hydrogens is 362 g/mol. The summed E-state index contributed by atoms with van der Waals surface area (Å²) in [4.78, 5) is 30.8. The van der Waals surface area contributed by atoms with Crippen LogP contribution in [0.4, 0.5) is 10.6 Å². The smallest absolute Gasteiger partial charge is 0.320 e. The number of nitrogens with zero attached hydrogens (tertiary/aromatic N) is 5. The lowest BCUT2D eigenvalue weighted by Crippen LogP contribution is -2.55. The number of aryl methyl sites for hydroxylation is 2. The minimum absolute atomic E-state index is 0.152. The highest BCUT2D eigenvalue weighted by atomic mass is 32.1. The second-order valence-electron chi connectivity index (χ2n) is 7.44. The zero-order valence-corrected chi connectivity index (χ0v) is 16.3. The number of morpholine rings is 1. The van der Waals surface area contributed by atoms with Crippen LogP contribution in [-0.4, -0.2) is 78.3 Å². The van der Waals surface area contributed by atoms with Crippen molar-refractivity contribution in [2.45, 2.75) is 25.7 Å². The highest BCUT2D eigenvalue weighted by Gasteiger charge is 2.29. The normalized spacial score (nSPS) is 20.8. The van der Waals surface area contributed by atoms with Crippen molar-refractivity contribution < 1.29 is 9.53 Å². The lowest BCUT2D eigenvalue weighted by Gasteiger charge is -2.39. The standard InChI is InChI=1S/C19H25N5O2S/c25-19(24-9-11-26-12-10-24)23-7-5-22(6-8-23)17-16-14-3-1-2-4-15(14)27-18(16)21-13-20-17/h13H,1-12H2. The maximum Gasteiger partial charge on any atom is 0.320 e. The minimum atomic E-state index is 0.152. The van der Waals surface area contributed by atoms with Gasteiger partial charge in [-0.2, -0.15) is 0 Å². The number of urea groups is 1. The molecule has 8 heteroatoms. The van der Waals surface area contributed by atoms with Crippen LogP contribution in [0.2, 0.25) is 0 Å². The van der Waals surface area contributed by atoms with Gasteiger partial charge in [0.25, 0.3) is 0 Å². The van der Waals surface area contributed by atoms with Crippen molar-refractivity contribution >= 4 is 33.4 Å². The van der Waals surface area contributed by atoms with Crippen LogP contribution in [0.5, 0.6) is 0 Å². The molecule has 2 saturated heterocycles. The third kappa shape index (κ3) is 3.14. The SMILES string of the molecule is O=C(N1CCOCC1)N1CCN(c2ncnc3sc4c(c23)CCCC4)CC1. The number of aromatic nitrogens is 2. The average Bonchev–Trinajstić information content (AvgIpc) is 3.13. The predicted octanol–water partition coefficient (Wildman–Crippen LogP) is 2.14. The molecule has 144 valence electrons. The van der Waals surface area contributed by atoms with Gasteiger partial charge < -0.3 is 19.4 Å². The molecule has 2 fully saturated rings. The van der Waals surface area contributed by atoms with Gasteiger partial charge in [-0.15, -0.1) is 11.3 Å². The second-order valence-corrected chi connectivity index (χ2v) is 8.53. The van der Waals surface area contributed by atoms with Crippen LogP contribution in [0.15, 0.2) is 6.33 Å². The topological polar surface area (TPSA) is 61.8 Å². The average molecular weight is 388 g/mol. The summed E-state index contributed by atoms with van der Waals surface area (Å²) >= 11 is 1.84. The van der Waals surface area contributed by atoms with E-state index >= 15 is 0 Å². The van der Waals surface area contributed by atoms with Crippen molar-refractivity contribution in [1.29, 1.82) is 0 Å². The maximum absolute atomic E-state index is 12.7. The van der Waals surface area contributed by atoms with Crippen molar-refractivity contribution in [2.24, 2.45) is 0 Å². The van der Waals surface area contributed by atoms with Gasteiger partial charge in [-0.1, -0.05) is 0 Å². The fourth-order valence-corrected chi connectivity index (χ4v) is 5.60. The summed E-state index contributed by atoms with van der Waals surface area (Å²) in [5.74, 6) is 1.07. The molecular formula is C19H25N5O2S. The Morgan fingerprint density at radius 2 is 1.70 bits per heavy atom. The Morgan fingerprint density at radius 1 is 0.963 bits per heavy atom. The molecule has 0 spiro atoms. The lowest BCUT2D eigenvalue weighted by atomic mass is 9.97. The Bertz CT molecular complexity index is 840. The number of hydrogen-bond donors (Lipinski definition) is 0. The van der Waals surface area contributed by atoms with Gasteiger partial charge in [0.2, 0.25) is 0 Å². The molecule has 0 unspecified atom stereocenters. The van der Waals surface area contributed by atoms with Gasteiger partial charge in [-0.25, -0.2) is 14.8 Å². The number of rotatable bonds is 1. The number of thiophene rings is 1. The predicted molar refractivity (Wildman–Crippen MR) is 106 cm³/mol. The molecule has 0 N–H and O–H groups in total. The van der Waals surface area contributed by atoms with Gasteiger partial charge in [-0.3, -0.25) is 0 Å². The van der Waals surface area contributed by atoms with E-state index in [9.17, 15) is 4.79 Å². The molecule has 7 nitrogen and oxygen atoms in total. The number of hydrogen-bond acceptors (Lipinski definition) is 6. The molecule has 0 atom stereocenters. The number of piperazine rings is 1. The number of fused-ring (bicyclic) bond motifs is 3. The maximum atomic E-state index is 12.7. The molecule has 27 heavy (non-hydrogen) atoms. The van der Waals surface area contributed by atoms with E-state index in [-0.39, 0.29) is 6.03 Å². The molecule has 2 aromatic rings. The minimum Gasteiger partial charge on any atom is -0.378 e. The molecule has 4 heterocycles. The Balaban J connectivity index is 1.34. The van der Waals surface area contributed by atoms with E-state index in [0.29, 0.717) is 26.3 Å². The number of carbonyl (C=O) groups is 1. The molecule has 0 aromatic carbocycles. The van der Waals surface area contributed by atoms with Crippen molar-refractivity contribution in [3.63, 3.8) is 0 Å². The van der Waals surface area contributed by atoms with E-state index in [2.05, 4.69) is 14.9 Å². The first kappa shape index (κ1) is 17.2. The van der Waals surface area contributed by atoms with Gasteiger partial charge >= 0.3 is 6.03 Å². The van der Waals surface area contributed by atoms with Gasteiger partial charge in [0, 0.05) is 44.1 Å². The fourth-order valence-electron chi connectivity index (χ4n) is 4.38.